The number of halogens is 2. The molecule has 3 aromatic heterocycles. The van der Waals surface area contributed by atoms with E-state index in [9.17, 15) is 17.2 Å². The highest BCUT2D eigenvalue weighted by molar-refractivity contribution is 7.92. The van der Waals surface area contributed by atoms with Gasteiger partial charge in [-0.3, -0.25) is 4.31 Å². The normalized spacial score (nSPS) is 14.1. The Balaban J connectivity index is 1.51. The first-order valence-corrected chi connectivity index (χ1v) is 14.4. The van der Waals surface area contributed by atoms with Crippen molar-refractivity contribution in [2.45, 2.75) is 13.0 Å². The number of pyridine rings is 2. The Hall–Kier alpha value is -3.97. The highest BCUT2D eigenvalue weighted by Crippen LogP contribution is 2.39. The number of sulfonamides is 1. The number of hydrogen-bond acceptors (Lipinski definition) is 8. The number of morpholine rings is 1. The quantitative estimate of drug-likeness (QED) is 0.303. The standard InChI is InChI=1S/C27H30F2N6O4S/c1-34(40(3,36)37)27-17(5-4-8-30-27)15-31-24-20-14-22(33-26(20)32-16-21(24)25(28)29)19-7-6-18(13-23(19)38-2)35-9-11-39-12-10-35/h4-8,13-14,16,25H,9-12,15H2,1-3H3,(H2,31,32,33). The van der Waals surface area contributed by atoms with Crippen LogP contribution < -0.4 is 19.3 Å². The first kappa shape index (κ1) is 27.6. The molecule has 1 saturated heterocycles. The lowest BCUT2D eigenvalue weighted by atomic mass is 10.1. The number of H-pyrrole nitrogens is 1. The minimum Gasteiger partial charge on any atom is -0.496 e. The second-order valence-electron chi connectivity index (χ2n) is 9.39. The number of alkyl halides is 2. The molecule has 0 unspecified atom stereocenters. The van der Waals surface area contributed by atoms with E-state index in [0.29, 0.717) is 41.3 Å². The molecule has 4 aromatic rings. The average molecular weight is 573 g/mol. The number of ether oxygens (including phenoxy) is 2. The van der Waals surface area contributed by atoms with Crippen molar-refractivity contribution in [3.8, 4) is 17.0 Å². The lowest BCUT2D eigenvalue weighted by molar-refractivity contribution is 0.122. The molecule has 0 saturated carbocycles. The largest absolute Gasteiger partial charge is 0.496 e. The molecule has 0 bridgehead atoms. The smallest absolute Gasteiger partial charge is 0.267 e. The zero-order valence-electron chi connectivity index (χ0n) is 22.3. The molecule has 1 aliphatic heterocycles. The fourth-order valence-corrected chi connectivity index (χ4v) is 5.19. The maximum absolute atomic E-state index is 14.1. The lowest BCUT2D eigenvalue weighted by Gasteiger charge is -2.29. The van der Waals surface area contributed by atoms with Gasteiger partial charge in [0, 0.05) is 67.3 Å². The van der Waals surface area contributed by atoms with Crippen molar-refractivity contribution in [1.82, 2.24) is 15.0 Å². The number of rotatable bonds is 9. The van der Waals surface area contributed by atoms with Gasteiger partial charge >= 0.3 is 0 Å². The first-order valence-electron chi connectivity index (χ1n) is 12.6. The van der Waals surface area contributed by atoms with Crippen LogP contribution in [0.4, 0.5) is 26.0 Å². The predicted molar refractivity (Wildman–Crippen MR) is 151 cm³/mol. The van der Waals surface area contributed by atoms with Gasteiger partial charge in [0.25, 0.3) is 6.43 Å². The van der Waals surface area contributed by atoms with E-state index in [2.05, 4.69) is 25.2 Å². The van der Waals surface area contributed by atoms with E-state index >= 15 is 0 Å². The van der Waals surface area contributed by atoms with Crippen LogP contribution in [0.1, 0.15) is 17.6 Å². The second-order valence-corrected chi connectivity index (χ2v) is 11.4. The van der Waals surface area contributed by atoms with Crippen molar-refractivity contribution in [3.63, 3.8) is 0 Å². The Morgan fingerprint density at radius 3 is 2.67 bits per heavy atom. The van der Waals surface area contributed by atoms with E-state index in [0.717, 1.165) is 41.1 Å². The molecule has 0 atom stereocenters. The summed E-state index contributed by atoms with van der Waals surface area (Å²) in [4.78, 5) is 13.9. The van der Waals surface area contributed by atoms with Crippen molar-refractivity contribution in [2.75, 3.05) is 61.2 Å². The number of aromatic nitrogens is 3. The number of benzene rings is 1. The van der Waals surface area contributed by atoms with Crippen LogP contribution in [-0.4, -0.2) is 70.1 Å². The molecule has 1 aromatic carbocycles. The van der Waals surface area contributed by atoms with Gasteiger partial charge in [-0.1, -0.05) is 6.07 Å². The molecule has 212 valence electrons. The molecule has 0 radical (unpaired) electrons. The number of methoxy groups -OCH3 is 1. The van der Waals surface area contributed by atoms with E-state index < -0.39 is 16.4 Å². The SMILES string of the molecule is COc1cc(N2CCOCC2)ccc1-c1cc2c(NCc3cccnc3N(C)S(C)(=O)=O)c(C(F)F)cnc2[nH]1. The number of aromatic amines is 1. The minimum atomic E-state index is -3.58. The monoisotopic (exact) mass is 572 g/mol. The van der Waals surface area contributed by atoms with Crippen molar-refractivity contribution in [3.05, 3.63) is 59.9 Å². The summed E-state index contributed by atoms with van der Waals surface area (Å²) in [6.07, 6.45) is 0.906. The molecule has 2 N–H and O–H groups in total. The fraction of sp³-hybridized carbons (Fsp3) is 0.333. The lowest BCUT2D eigenvalue weighted by Crippen LogP contribution is -2.36. The summed E-state index contributed by atoms with van der Waals surface area (Å²) in [7, 11) is -0.593. The molecular weight excluding hydrogens is 542 g/mol. The molecule has 10 nitrogen and oxygen atoms in total. The van der Waals surface area contributed by atoms with Crippen LogP contribution in [0.3, 0.4) is 0 Å². The van der Waals surface area contributed by atoms with Crippen molar-refractivity contribution >= 4 is 38.2 Å². The highest BCUT2D eigenvalue weighted by atomic mass is 32.2. The van der Waals surface area contributed by atoms with Crippen LogP contribution in [0.5, 0.6) is 5.75 Å². The molecule has 0 aliphatic carbocycles. The maximum Gasteiger partial charge on any atom is 0.267 e. The van der Waals surface area contributed by atoms with Crippen LogP contribution in [0, 0.1) is 0 Å². The zero-order valence-corrected chi connectivity index (χ0v) is 23.1. The third kappa shape index (κ3) is 5.52. The topological polar surface area (TPSA) is 113 Å². The van der Waals surface area contributed by atoms with E-state index in [1.165, 1.54) is 13.2 Å². The summed E-state index contributed by atoms with van der Waals surface area (Å²) >= 11 is 0. The van der Waals surface area contributed by atoms with E-state index in [1.807, 2.05) is 18.2 Å². The maximum atomic E-state index is 14.1. The predicted octanol–water partition coefficient (Wildman–Crippen LogP) is 4.42. The molecule has 40 heavy (non-hydrogen) atoms. The Morgan fingerprint density at radius 1 is 1.20 bits per heavy atom. The molecule has 5 rings (SSSR count). The van der Waals surface area contributed by atoms with Crippen LogP contribution >= 0.6 is 0 Å². The Kier molecular flexibility index (Phi) is 7.76. The van der Waals surface area contributed by atoms with Crippen molar-refractivity contribution in [1.29, 1.82) is 0 Å². The van der Waals surface area contributed by atoms with Crippen LogP contribution in [0.25, 0.3) is 22.3 Å². The molecule has 13 heteroatoms. The van der Waals surface area contributed by atoms with Gasteiger partial charge in [0.1, 0.15) is 17.2 Å². The number of fused-ring (bicyclic) bond motifs is 1. The first-order chi connectivity index (χ1) is 19.2. The Morgan fingerprint density at radius 2 is 1.98 bits per heavy atom. The summed E-state index contributed by atoms with van der Waals surface area (Å²) in [5.74, 6) is 0.837. The Labute approximate surface area is 231 Å². The summed E-state index contributed by atoms with van der Waals surface area (Å²) < 4.78 is 64.6. The van der Waals surface area contributed by atoms with Gasteiger partial charge < -0.3 is 24.7 Å². The molecule has 1 aliphatic rings. The Bertz CT molecular complexity index is 1620. The summed E-state index contributed by atoms with van der Waals surface area (Å²) in [5.41, 5.74) is 3.29. The third-order valence-electron chi connectivity index (χ3n) is 6.89. The average Bonchev–Trinajstić information content (AvgIpc) is 3.39. The fourth-order valence-electron chi connectivity index (χ4n) is 4.71. The van der Waals surface area contributed by atoms with Gasteiger partial charge in [-0.05, 0) is 24.3 Å². The number of hydrogen-bond donors (Lipinski definition) is 2. The van der Waals surface area contributed by atoms with E-state index in [4.69, 9.17) is 9.47 Å². The van der Waals surface area contributed by atoms with Crippen LogP contribution in [0.15, 0.2) is 48.8 Å². The van der Waals surface area contributed by atoms with Gasteiger partial charge in [0.05, 0.1) is 43.5 Å². The van der Waals surface area contributed by atoms with Gasteiger partial charge in [0.15, 0.2) is 0 Å². The van der Waals surface area contributed by atoms with Crippen LogP contribution in [-0.2, 0) is 21.3 Å². The molecule has 1 fully saturated rings. The highest BCUT2D eigenvalue weighted by Gasteiger charge is 2.22. The van der Waals surface area contributed by atoms with E-state index in [1.54, 1.807) is 25.3 Å². The van der Waals surface area contributed by atoms with Gasteiger partial charge in [0.2, 0.25) is 10.0 Å². The second kappa shape index (κ2) is 11.3. The summed E-state index contributed by atoms with van der Waals surface area (Å²) in [6, 6.07) is 11.0. The number of anilines is 3. The van der Waals surface area contributed by atoms with E-state index in [-0.39, 0.29) is 23.6 Å². The third-order valence-corrected chi connectivity index (χ3v) is 8.06. The molecule has 4 heterocycles. The van der Waals surface area contributed by atoms with Crippen LogP contribution in [0.2, 0.25) is 0 Å². The molecule has 0 spiro atoms. The zero-order chi connectivity index (χ0) is 28.4. The van der Waals surface area contributed by atoms with Gasteiger partial charge in [-0.2, -0.15) is 0 Å². The minimum absolute atomic E-state index is 0.0555. The number of nitrogens with one attached hydrogen (secondary N) is 2. The van der Waals surface area contributed by atoms with Gasteiger partial charge in [-0.15, -0.1) is 0 Å². The number of nitrogens with zero attached hydrogens (tertiary/aromatic N) is 4. The molecular formula is C27H30F2N6O4S. The van der Waals surface area contributed by atoms with Gasteiger partial charge in [-0.25, -0.2) is 27.2 Å². The summed E-state index contributed by atoms with van der Waals surface area (Å²) in [6.45, 7) is 2.93. The van der Waals surface area contributed by atoms with Crippen molar-refractivity contribution in [2.24, 2.45) is 0 Å². The summed E-state index contributed by atoms with van der Waals surface area (Å²) in [5, 5.41) is 3.56. The van der Waals surface area contributed by atoms with Crippen molar-refractivity contribution < 1.29 is 26.7 Å². The molecule has 0 amide bonds.